The maximum absolute atomic E-state index is 6.16. The first-order valence-electron chi connectivity index (χ1n) is 6.09. The summed E-state index contributed by atoms with van der Waals surface area (Å²) < 4.78 is 1.78. The largest absolute Gasteiger partial charge is 0.397 e. The van der Waals surface area contributed by atoms with Gasteiger partial charge in [-0.25, -0.2) is 0 Å². The Bertz CT molecular complexity index is 717. The van der Waals surface area contributed by atoms with Gasteiger partial charge in [-0.3, -0.25) is 9.67 Å². The first kappa shape index (κ1) is 11.5. The van der Waals surface area contributed by atoms with E-state index in [9.17, 15) is 0 Å². The molecule has 0 saturated heterocycles. The first-order valence-corrected chi connectivity index (χ1v) is 6.09. The summed E-state index contributed by atoms with van der Waals surface area (Å²) >= 11 is 0. The predicted octanol–water partition coefficient (Wildman–Crippen LogP) is 2.16. The number of hydrogen-bond acceptors (Lipinski definition) is 4. The van der Waals surface area contributed by atoms with E-state index >= 15 is 0 Å². The lowest BCUT2D eigenvalue weighted by Gasteiger charge is -2.10. The number of nitrogens with two attached hydrogens (primary N) is 1. The van der Waals surface area contributed by atoms with Crippen LogP contribution in [0.15, 0.2) is 42.7 Å². The van der Waals surface area contributed by atoms with Crippen molar-refractivity contribution >= 4 is 22.3 Å². The number of benzene rings is 1. The average molecular weight is 253 g/mol. The molecule has 0 radical (unpaired) electrons. The van der Waals surface area contributed by atoms with Gasteiger partial charge in [-0.15, -0.1) is 0 Å². The van der Waals surface area contributed by atoms with E-state index in [1.54, 1.807) is 10.9 Å². The molecular formula is C14H15N5. The standard InChI is InChI=1S/C14H15N5/c1-19-8-6-10(18-19)9-17-13-5-4-12-11(14(13)15)3-2-7-16-12/h2-8,17H,9,15H2,1H3. The van der Waals surface area contributed by atoms with Crippen LogP contribution in [0.1, 0.15) is 5.69 Å². The van der Waals surface area contributed by atoms with Gasteiger partial charge in [0.25, 0.3) is 0 Å². The molecule has 0 fully saturated rings. The molecule has 5 heteroatoms. The van der Waals surface area contributed by atoms with Crippen LogP contribution >= 0.6 is 0 Å². The first-order chi connectivity index (χ1) is 9.24. The fraction of sp³-hybridized carbons (Fsp3) is 0.143. The maximum Gasteiger partial charge on any atom is 0.0815 e. The fourth-order valence-corrected chi connectivity index (χ4v) is 2.07. The monoisotopic (exact) mass is 253 g/mol. The molecule has 3 N–H and O–H groups in total. The smallest absolute Gasteiger partial charge is 0.0815 e. The van der Waals surface area contributed by atoms with Crippen molar-refractivity contribution in [2.45, 2.75) is 6.54 Å². The van der Waals surface area contributed by atoms with E-state index in [-0.39, 0.29) is 0 Å². The second-order valence-corrected chi connectivity index (χ2v) is 4.43. The minimum absolute atomic E-state index is 0.650. The number of nitrogen functional groups attached to an aromatic ring is 1. The predicted molar refractivity (Wildman–Crippen MR) is 76.7 cm³/mol. The van der Waals surface area contributed by atoms with Crippen LogP contribution in [0.5, 0.6) is 0 Å². The minimum atomic E-state index is 0.650. The number of rotatable bonds is 3. The van der Waals surface area contributed by atoms with Crippen LogP contribution in [0.2, 0.25) is 0 Å². The number of anilines is 2. The number of pyridine rings is 1. The molecule has 0 aliphatic heterocycles. The van der Waals surface area contributed by atoms with Crippen molar-refractivity contribution in [2.24, 2.45) is 7.05 Å². The average Bonchev–Trinajstić information content (AvgIpc) is 2.84. The lowest BCUT2D eigenvalue weighted by atomic mass is 10.1. The second-order valence-electron chi connectivity index (χ2n) is 4.43. The zero-order valence-electron chi connectivity index (χ0n) is 10.7. The highest BCUT2D eigenvalue weighted by atomic mass is 15.3. The topological polar surface area (TPSA) is 68.8 Å². The lowest BCUT2D eigenvalue weighted by Crippen LogP contribution is -2.04. The second kappa shape index (κ2) is 4.61. The Hall–Kier alpha value is -2.56. The number of fused-ring (bicyclic) bond motifs is 1. The highest BCUT2D eigenvalue weighted by Gasteiger charge is 2.05. The van der Waals surface area contributed by atoms with Crippen LogP contribution in [0, 0.1) is 0 Å². The van der Waals surface area contributed by atoms with E-state index in [0.29, 0.717) is 6.54 Å². The van der Waals surface area contributed by atoms with Gasteiger partial charge in [-0.1, -0.05) is 0 Å². The summed E-state index contributed by atoms with van der Waals surface area (Å²) in [6.07, 6.45) is 3.69. The van der Waals surface area contributed by atoms with Gasteiger partial charge >= 0.3 is 0 Å². The molecule has 96 valence electrons. The molecule has 0 aliphatic carbocycles. The Morgan fingerprint density at radius 3 is 2.95 bits per heavy atom. The van der Waals surface area contributed by atoms with E-state index in [4.69, 9.17) is 5.73 Å². The Morgan fingerprint density at radius 1 is 1.26 bits per heavy atom. The van der Waals surface area contributed by atoms with E-state index in [0.717, 1.165) is 28.0 Å². The van der Waals surface area contributed by atoms with Crippen LogP contribution < -0.4 is 11.1 Å². The Morgan fingerprint density at radius 2 is 2.16 bits per heavy atom. The number of nitrogens with zero attached hydrogens (tertiary/aromatic N) is 3. The van der Waals surface area contributed by atoms with Crippen LogP contribution in [0.25, 0.3) is 10.9 Å². The zero-order chi connectivity index (χ0) is 13.2. The van der Waals surface area contributed by atoms with Crippen LogP contribution in [-0.4, -0.2) is 14.8 Å². The van der Waals surface area contributed by atoms with Gasteiger partial charge in [-0.2, -0.15) is 5.10 Å². The summed E-state index contributed by atoms with van der Waals surface area (Å²) in [5.41, 5.74) is 9.68. The van der Waals surface area contributed by atoms with Gasteiger partial charge in [0.05, 0.1) is 29.1 Å². The molecule has 0 unspecified atom stereocenters. The van der Waals surface area contributed by atoms with Gasteiger partial charge in [0, 0.05) is 24.8 Å². The molecule has 0 atom stereocenters. The summed E-state index contributed by atoms with van der Waals surface area (Å²) in [4.78, 5) is 4.28. The molecule has 3 aromatic rings. The molecule has 0 saturated carbocycles. The molecule has 0 aliphatic rings. The Balaban J connectivity index is 1.87. The van der Waals surface area contributed by atoms with Gasteiger partial charge in [0.15, 0.2) is 0 Å². The van der Waals surface area contributed by atoms with Crippen LogP contribution in [0.4, 0.5) is 11.4 Å². The molecule has 19 heavy (non-hydrogen) atoms. The zero-order valence-corrected chi connectivity index (χ0v) is 10.7. The van der Waals surface area contributed by atoms with Crippen LogP contribution in [0.3, 0.4) is 0 Å². The summed E-state index contributed by atoms with van der Waals surface area (Å²) in [6.45, 7) is 0.650. The number of aryl methyl sites for hydroxylation is 1. The minimum Gasteiger partial charge on any atom is -0.397 e. The SMILES string of the molecule is Cn1ccc(CNc2ccc3ncccc3c2N)n1. The highest BCUT2D eigenvalue weighted by molar-refractivity contribution is 5.96. The fourth-order valence-electron chi connectivity index (χ4n) is 2.07. The summed E-state index contributed by atoms with van der Waals surface area (Å²) in [6, 6.07) is 9.76. The molecule has 1 aromatic carbocycles. The molecular weight excluding hydrogens is 238 g/mol. The van der Waals surface area contributed by atoms with E-state index in [2.05, 4.69) is 15.4 Å². The van der Waals surface area contributed by atoms with Gasteiger partial charge < -0.3 is 11.1 Å². The molecule has 2 heterocycles. The van der Waals surface area contributed by atoms with Crippen molar-refractivity contribution in [3.05, 3.63) is 48.4 Å². The number of aromatic nitrogens is 3. The van der Waals surface area contributed by atoms with Crippen LogP contribution in [-0.2, 0) is 13.6 Å². The third kappa shape index (κ3) is 2.22. The maximum atomic E-state index is 6.16. The molecule has 0 bridgehead atoms. The van der Waals surface area contributed by atoms with Crippen molar-refractivity contribution in [2.75, 3.05) is 11.1 Å². The third-order valence-electron chi connectivity index (χ3n) is 3.06. The van der Waals surface area contributed by atoms with Gasteiger partial charge in [0.2, 0.25) is 0 Å². The molecule has 0 spiro atoms. The number of nitrogens with one attached hydrogen (secondary N) is 1. The molecule has 5 nitrogen and oxygen atoms in total. The van der Waals surface area contributed by atoms with Crippen molar-refractivity contribution in [3.8, 4) is 0 Å². The van der Waals surface area contributed by atoms with Gasteiger partial charge in [0.1, 0.15) is 0 Å². The van der Waals surface area contributed by atoms with E-state index < -0.39 is 0 Å². The summed E-state index contributed by atoms with van der Waals surface area (Å²) in [5.74, 6) is 0. The Labute approximate surface area is 111 Å². The van der Waals surface area contributed by atoms with Crippen molar-refractivity contribution in [1.29, 1.82) is 0 Å². The number of hydrogen-bond donors (Lipinski definition) is 2. The lowest BCUT2D eigenvalue weighted by molar-refractivity contribution is 0.747. The van der Waals surface area contributed by atoms with Crippen molar-refractivity contribution in [1.82, 2.24) is 14.8 Å². The van der Waals surface area contributed by atoms with E-state index in [1.807, 2.05) is 43.6 Å². The summed E-state index contributed by atoms with van der Waals surface area (Å²) in [5, 5.41) is 8.59. The highest BCUT2D eigenvalue weighted by Crippen LogP contribution is 2.27. The normalized spacial score (nSPS) is 10.8. The molecule has 0 amide bonds. The quantitative estimate of drug-likeness (QED) is 0.702. The van der Waals surface area contributed by atoms with E-state index in [1.165, 1.54) is 0 Å². The van der Waals surface area contributed by atoms with Crippen molar-refractivity contribution < 1.29 is 0 Å². The summed E-state index contributed by atoms with van der Waals surface area (Å²) in [7, 11) is 1.90. The third-order valence-corrected chi connectivity index (χ3v) is 3.06. The molecule has 2 aromatic heterocycles. The molecule has 3 rings (SSSR count). The van der Waals surface area contributed by atoms with Gasteiger partial charge in [-0.05, 0) is 30.3 Å². The van der Waals surface area contributed by atoms with Crippen molar-refractivity contribution in [3.63, 3.8) is 0 Å². The Kier molecular flexibility index (Phi) is 2.79.